The molecular formula is C83H70F6N3O8P3S. The van der Waals surface area contributed by atoms with Gasteiger partial charge in [-0.1, -0.05) is 248 Å². The number of nitrogens with zero attached hydrogens (tertiary/aromatic N) is 2. The van der Waals surface area contributed by atoms with Crippen LogP contribution in [-0.4, -0.2) is 43.9 Å². The number of Topliss-reactive ketones (excluding diaryl/α,β-unsaturated/α-hetero) is 2. The Morgan fingerprint density at radius 3 is 1.08 bits per heavy atom. The molecule has 0 bridgehead atoms. The van der Waals surface area contributed by atoms with Gasteiger partial charge in [0.2, 0.25) is 28.2 Å². The normalized spacial score (nSPS) is 11.2. The van der Waals surface area contributed by atoms with Crippen molar-refractivity contribution in [3.63, 3.8) is 0 Å². The van der Waals surface area contributed by atoms with Gasteiger partial charge in [-0.25, -0.2) is 0 Å². The number of diazo groups is 1. The second-order valence-corrected chi connectivity index (χ2v) is 29.9. The van der Waals surface area contributed by atoms with E-state index >= 15 is 0 Å². The molecule has 528 valence electrons. The molecule has 104 heavy (non-hydrogen) atoms. The van der Waals surface area contributed by atoms with Gasteiger partial charge in [-0.05, 0) is 108 Å². The molecular weight excluding hydrogens is 1410 g/mol. The number of hydrogen-bond donors (Lipinski definition) is 1. The average molecular weight is 1480 g/mol. The van der Waals surface area contributed by atoms with E-state index < -0.39 is 35.2 Å². The maximum atomic E-state index is 13.6. The van der Waals surface area contributed by atoms with Crippen molar-refractivity contribution in [1.82, 2.24) is 0 Å². The van der Waals surface area contributed by atoms with Gasteiger partial charge in [0.25, 0.3) is 0 Å². The van der Waals surface area contributed by atoms with Gasteiger partial charge >= 0.3 is 38.7 Å². The van der Waals surface area contributed by atoms with Crippen molar-refractivity contribution < 1.29 is 58.6 Å². The number of carbonyl (C=O) groups is 4. The Balaban J connectivity index is 0.000000163. The molecule has 1 aromatic heterocycles. The Morgan fingerprint density at radius 2 is 0.721 bits per heavy atom. The van der Waals surface area contributed by atoms with E-state index in [0.29, 0.717) is 39.6 Å². The SMILES string of the molecule is COc1cc(Nc2ccccc2)ccc1[N+]#N.COc1cccc(OC)c1C(=O)P(c1ccccc1)c1ccccc1.Cc1cc(C)c(C(=O)P(c2ccccc2)c2ccccc2)c(C)c1.F[P-](F)(F)(F)(F)F.O=C(C(=O)c1ccccc1)c1ccccc1.O=c1c2ccccc2sc2ccccc12. The number of carbonyl (C=O) groups excluding carboxylic acids is 4. The number of anilines is 2. The summed E-state index contributed by atoms with van der Waals surface area (Å²) < 4.78 is 77.3. The molecule has 0 amide bonds. The smallest absolute Gasteiger partial charge is 0.233 e. The number of benzene rings is 12. The number of rotatable bonds is 16. The summed E-state index contributed by atoms with van der Waals surface area (Å²) in [5.74, 6) is 0.652. The van der Waals surface area contributed by atoms with Crippen molar-refractivity contribution in [3.8, 4) is 17.2 Å². The minimum absolute atomic E-state index is 0.0155. The standard InChI is InChI=1S/C22H21OP.C21H19O3P.C14H10O2.C13H12N3O.C13H8OS.F6P/c1-16-14-17(2)21(18(3)15-16)22(23)24(19-10-6-4-7-11-19)20-12-8-5-9-13-20;1-23-18-14-9-15-19(24-2)20(18)21(22)25(16-10-5-3-6-11-16)17-12-7-4-8-13-17;15-13(11-7-3-1-4-8-11)14(16)12-9-5-2-6-10-12;1-17-13-9-11(7-8-12(13)16-14)15-10-5-3-2-4-6-10;14-13-9-5-1-3-7-11(9)15-12-8-4-2-6-10(12)13;1-7(2,3,4,5)6/h4-15H,1-3H3;3-15H,1-2H3;1-10H;2-9,15H,1H3;1-8H;/q;;;+1;;-1. The van der Waals surface area contributed by atoms with E-state index in [9.17, 15) is 49.2 Å². The van der Waals surface area contributed by atoms with Crippen LogP contribution in [0.2, 0.25) is 0 Å². The van der Waals surface area contributed by atoms with Crippen LogP contribution >= 0.6 is 35.0 Å². The summed E-state index contributed by atoms with van der Waals surface area (Å²) in [4.78, 5) is 65.9. The van der Waals surface area contributed by atoms with Gasteiger partial charge in [-0.2, -0.15) is 0 Å². The zero-order valence-corrected chi connectivity index (χ0v) is 60.6. The summed E-state index contributed by atoms with van der Waals surface area (Å²) in [5.41, 5.74) is 8.21. The quantitative estimate of drug-likeness (QED) is 0.0247. The Labute approximate surface area is 604 Å². The van der Waals surface area contributed by atoms with Crippen molar-refractivity contribution >= 4 is 116 Å². The number of nitrogens with one attached hydrogen (secondary N) is 1. The third kappa shape index (κ3) is 23.1. The van der Waals surface area contributed by atoms with Crippen molar-refractivity contribution in [2.75, 3.05) is 26.6 Å². The van der Waals surface area contributed by atoms with Crippen LogP contribution in [0.15, 0.2) is 314 Å². The Hall–Kier alpha value is -11.3. The summed E-state index contributed by atoms with van der Waals surface area (Å²) >= 11 is 1.67. The Kier molecular flexibility index (Phi) is 27.2. The van der Waals surface area contributed by atoms with Crippen molar-refractivity contribution in [2.45, 2.75) is 20.8 Å². The summed E-state index contributed by atoms with van der Waals surface area (Å²) in [7, 11) is -8.28. The van der Waals surface area contributed by atoms with E-state index in [-0.39, 0.29) is 16.5 Å². The van der Waals surface area contributed by atoms with Gasteiger partial charge in [-0.3, -0.25) is 24.0 Å². The van der Waals surface area contributed by atoms with E-state index in [1.54, 1.807) is 98.4 Å². The number of ether oxygens (including phenoxy) is 3. The first kappa shape index (κ1) is 78.4. The van der Waals surface area contributed by atoms with Gasteiger partial charge in [0.05, 0.1) is 21.3 Å². The number of para-hydroxylation sites is 1. The predicted octanol–water partition coefficient (Wildman–Crippen LogP) is 22.3. The molecule has 0 saturated heterocycles. The third-order valence-electron chi connectivity index (χ3n) is 15.1. The van der Waals surface area contributed by atoms with Gasteiger partial charge in [-0.15, -0.1) is 11.3 Å². The van der Waals surface area contributed by atoms with Crippen LogP contribution in [0.4, 0.5) is 42.2 Å². The molecule has 0 aliphatic rings. The molecule has 0 saturated carbocycles. The number of ketones is 2. The first-order valence-corrected chi connectivity index (χ1v) is 37.5. The van der Waals surface area contributed by atoms with E-state index in [1.807, 2.05) is 214 Å². The molecule has 0 unspecified atom stereocenters. The fraction of sp³-hybridized carbons (Fsp3) is 0.0723. The molecule has 11 nitrogen and oxygen atoms in total. The van der Waals surface area contributed by atoms with E-state index in [4.69, 9.17) is 19.6 Å². The summed E-state index contributed by atoms with van der Waals surface area (Å²) in [6, 6.07) is 97.4. The molecule has 1 heterocycles. The van der Waals surface area contributed by atoms with Crippen molar-refractivity contribution in [3.05, 3.63) is 364 Å². The molecule has 1 N–H and O–H groups in total. The first-order valence-electron chi connectivity index (χ1n) is 32.0. The monoisotopic (exact) mass is 1480 g/mol. The summed E-state index contributed by atoms with van der Waals surface area (Å²) in [5, 5.41) is 17.8. The molecule has 13 rings (SSSR count). The first-order chi connectivity index (χ1) is 49.8. The molecule has 0 spiro atoms. The Bertz CT molecular complexity index is 4930. The molecule has 0 aliphatic heterocycles. The van der Waals surface area contributed by atoms with Crippen molar-refractivity contribution in [1.29, 1.82) is 5.39 Å². The molecule has 13 aromatic rings. The second kappa shape index (κ2) is 36.0. The zero-order chi connectivity index (χ0) is 74.9. The van der Waals surface area contributed by atoms with Crippen LogP contribution in [-0.2, 0) is 0 Å². The number of methoxy groups -OCH3 is 3. The molecule has 0 aliphatic carbocycles. The zero-order valence-electron chi connectivity index (χ0n) is 57.1. The van der Waals surface area contributed by atoms with Crippen LogP contribution < -0.4 is 46.2 Å². The van der Waals surface area contributed by atoms with Crippen LogP contribution in [0, 0.1) is 26.2 Å². The van der Waals surface area contributed by atoms with Gasteiger partial charge in [0, 0.05) is 76.2 Å². The molecule has 0 atom stereocenters. The minimum Gasteiger partial charge on any atom is -0.289 e. The maximum absolute atomic E-state index is 13.6. The van der Waals surface area contributed by atoms with Gasteiger partial charge < -0.3 is 19.5 Å². The fourth-order valence-corrected chi connectivity index (χ4v) is 16.1. The summed E-state index contributed by atoms with van der Waals surface area (Å²) in [6.45, 7) is 6.15. The minimum atomic E-state index is -10.7. The van der Waals surface area contributed by atoms with Crippen molar-refractivity contribution in [2.24, 2.45) is 0 Å². The van der Waals surface area contributed by atoms with E-state index in [0.717, 1.165) is 69.5 Å². The average Bonchev–Trinajstić information content (AvgIpc) is 0.785. The van der Waals surface area contributed by atoms with E-state index in [1.165, 1.54) is 12.7 Å². The fourth-order valence-electron chi connectivity index (χ4n) is 10.6. The summed E-state index contributed by atoms with van der Waals surface area (Å²) in [6.07, 6.45) is 0. The van der Waals surface area contributed by atoms with Crippen LogP contribution in [0.3, 0.4) is 0 Å². The largest absolute Gasteiger partial charge is 0.289 e. The van der Waals surface area contributed by atoms with Crippen LogP contribution in [0.25, 0.3) is 25.1 Å². The van der Waals surface area contributed by atoms with Gasteiger partial charge in [0.1, 0.15) is 17.1 Å². The number of hydrogen-bond acceptors (Lipinski definition) is 11. The van der Waals surface area contributed by atoms with E-state index in [2.05, 4.69) is 53.6 Å². The number of halogens is 6. The third-order valence-corrected chi connectivity index (χ3v) is 20.8. The van der Waals surface area contributed by atoms with Crippen LogP contribution in [0.5, 0.6) is 17.2 Å². The topological polar surface area (TPSA) is 153 Å². The molecule has 0 radical (unpaired) electrons. The molecule has 21 heteroatoms. The second-order valence-electron chi connectivity index (χ2n) is 22.7. The Morgan fingerprint density at radius 1 is 0.394 bits per heavy atom. The molecule has 12 aromatic carbocycles. The predicted molar refractivity (Wildman–Crippen MR) is 415 cm³/mol. The van der Waals surface area contributed by atoms with Crippen LogP contribution in [0.1, 0.15) is 58.1 Å². The maximum Gasteiger partial charge on any atom is 0.233 e. The number of aryl methyl sites for hydroxylation is 3. The molecule has 0 fully saturated rings. The number of fused-ring (bicyclic) bond motifs is 2. The van der Waals surface area contributed by atoms with Gasteiger partial charge in [0.15, 0.2) is 15.9 Å².